The second-order valence-electron chi connectivity index (χ2n) is 4.01. The summed E-state index contributed by atoms with van der Waals surface area (Å²) in [6.07, 6.45) is 0. The number of carbonyl (C=O) groups is 1. The summed E-state index contributed by atoms with van der Waals surface area (Å²) in [7, 11) is 3.26. The van der Waals surface area contributed by atoms with Crippen LogP contribution >= 0.6 is 15.9 Å². The van der Waals surface area contributed by atoms with Crippen molar-refractivity contribution in [3.05, 3.63) is 29.8 Å². The first-order valence-corrected chi connectivity index (χ1v) is 5.96. The van der Waals surface area contributed by atoms with Gasteiger partial charge in [-0.15, -0.1) is 0 Å². The Bertz CT molecular complexity index is 497. The second kappa shape index (κ2) is 4.14. The molecule has 0 aromatic heterocycles. The number of alkyl halides is 1. The average Bonchev–Trinajstić information content (AvgIpc) is 2.53. The molecule has 0 fully saturated rings. The third kappa shape index (κ3) is 1.95. The molecule has 0 radical (unpaired) electrons. The molecule has 90 valence electrons. The molecule has 0 saturated heterocycles. The largest absolute Gasteiger partial charge is 0.497 e. The number of hydrogen-bond donors (Lipinski definition) is 0. The molecule has 1 aliphatic heterocycles. The highest BCUT2D eigenvalue weighted by molar-refractivity contribution is 9.10. The van der Waals surface area contributed by atoms with Crippen LogP contribution in [0.1, 0.15) is 12.5 Å². The van der Waals surface area contributed by atoms with E-state index < -0.39 is 4.32 Å². The van der Waals surface area contributed by atoms with Crippen LogP contribution in [-0.2, 0) is 4.79 Å². The molecule has 1 unspecified atom stereocenters. The number of ether oxygens (including phenoxy) is 1. The number of halogens is 1. The number of nitrogens with zero attached hydrogens (tertiary/aromatic N) is 2. The molecule has 1 aromatic carbocycles. The SMILES string of the molecule is COc1cccc(C2=NN(C)C(=O)C2(C)Br)c1. The normalized spacial score (nSPS) is 23.9. The topological polar surface area (TPSA) is 41.9 Å². The summed E-state index contributed by atoms with van der Waals surface area (Å²) in [4.78, 5) is 11.9. The first-order valence-electron chi connectivity index (χ1n) is 5.17. The van der Waals surface area contributed by atoms with Crippen molar-refractivity contribution in [2.75, 3.05) is 14.2 Å². The fourth-order valence-electron chi connectivity index (χ4n) is 1.79. The molecule has 4 nitrogen and oxygen atoms in total. The van der Waals surface area contributed by atoms with Crippen LogP contribution in [-0.4, -0.2) is 35.1 Å². The molecule has 1 aliphatic rings. The maximum absolute atomic E-state index is 11.9. The lowest BCUT2D eigenvalue weighted by Crippen LogP contribution is -2.37. The van der Waals surface area contributed by atoms with Crippen LogP contribution in [0.5, 0.6) is 5.75 Å². The number of hydrazone groups is 1. The van der Waals surface area contributed by atoms with Gasteiger partial charge in [0.1, 0.15) is 10.1 Å². The summed E-state index contributed by atoms with van der Waals surface area (Å²) in [5.41, 5.74) is 1.57. The molecule has 0 bridgehead atoms. The van der Waals surface area contributed by atoms with Crippen LogP contribution in [0.25, 0.3) is 0 Å². The Balaban J connectivity index is 2.47. The summed E-state index contributed by atoms with van der Waals surface area (Å²) in [5.74, 6) is 0.672. The Labute approximate surface area is 108 Å². The molecule has 0 aliphatic carbocycles. The van der Waals surface area contributed by atoms with E-state index in [-0.39, 0.29) is 5.91 Å². The average molecular weight is 297 g/mol. The van der Waals surface area contributed by atoms with E-state index in [1.54, 1.807) is 21.1 Å². The summed E-state index contributed by atoms with van der Waals surface area (Å²) in [6.45, 7) is 1.80. The molecule has 0 saturated carbocycles. The van der Waals surface area contributed by atoms with Gasteiger partial charge >= 0.3 is 0 Å². The lowest BCUT2D eigenvalue weighted by molar-refractivity contribution is -0.128. The lowest BCUT2D eigenvalue weighted by Gasteiger charge is -2.16. The summed E-state index contributed by atoms with van der Waals surface area (Å²) >= 11 is 3.44. The van der Waals surface area contributed by atoms with E-state index in [0.29, 0.717) is 5.71 Å². The molecule has 0 spiro atoms. The van der Waals surface area contributed by atoms with Crippen LogP contribution in [0.3, 0.4) is 0 Å². The van der Waals surface area contributed by atoms with E-state index >= 15 is 0 Å². The number of rotatable bonds is 2. The van der Waals surface area contributed by atoms with Gasteiger partial charge in [-0.1, -0.05) is 28.1 Å². The Kier molecular flexibility index (Phi) is 2.95. The van der Waals surface area contributed by atoms with Crippen molar-refractivity contribution in [3.8, 4) is 5.75 Å². The van der Waals surface area contributed by atoms with Crippen molar-refractivity contribution in [1.82, 2.24) is 5.01 Å². The maximum Gasteiger partial charge on any atom is 0.265 e. The van der Waals surface area contributed by atoms with Crippen LogP contribution in [0.15, 0.2) is 29.4 Å². The Morgan fingerprint density at radius 2 is 2.18 bits per heavy atom. The maximum atomic E-state index is 11.9. The van der Waals surface area contributed by atoms with Crippen molar-refractivity contribution < 1.29 is 9.53 Å². The molecular formula is C12H13BrN2O2. The third-order valence-electron chi connectivity index (χ3n) is 2.73. The predicted octanol–water partition coefficient (Wildman–Crippen LogP) is 2.02. The number of benzene rings is 1. The summed E-state index contributed by atoms with van der Waals surface area (Å²) in [5, 5.41) is 5.62. The molecule has 5 heteroatoms. The number of hydrogen-bond acceptors (Lipinski definition) is 3. The zero-order valence-electron chi connectivity index (χ0n) is 9.90. The van der Waals surface area contributed by atoms with Gasteiger partial charge in [0.15, 0.2) is 0 Å². The van der Waals surface area contributed by atoms with Gasteiger partial charge in [0.05, 0.1) is 12.8 Å². The second-order valence-corrected chi connectivity index (χ2v) is 5.60. The summed E-state index contributed by atoms with van der Waals surface area (Å²) < 4.78 is 4.40. The van der Waals surface area contributed by atoms with Crippen molar-refractivity contribution in [2.24, 2.45) is 5.10 Å². The molecule has 1 atom stereocenters. The van der Waals surface area contributed by atoms with E-state index in [0.717, 1.165) is 11.3 Å². The lowest BCUT2D eigenvalue weighted by atomic mass is 9.98. The quantitative estimate of drug-likeness (QED) is 0.784. The minimum Gasteiger partial charge on any atom is -0.497 e. The van der Waals surface area contributed by atoms with E-state index in [1.165, 1.54) is 5.01 Å². The number of amides is 1. The van der Waals surface area contributed by atoms with Crippen LogP contribution in [0, 0.1) is 0 Å². The van der Waals surface area contributed by atoms with E-state index in [9.17, 15) is 4.79 Å². The van der Waals surface area contributed by atoms with Gasteiger partial charge in [-0.3, -0.25) is 4.79 Å². The highest BCUT2D eigenvalue weighted by Crippen LogP contribution is 2.32. The number of carbonyl (C=O) groups excluding carboxylic acids is 1. The van der Waals surface area contributed by atoms with Crippen LogP contribution in [0.2, 0.25) is 0 Å². The highest BCUT2D eigenvalue weighted by Gasteiger charge is 2.44. The molecule has 17 heavy (non-hydrogen) atoms. The fourth-order valence-corrected chi connectivity index (χ4v) is 2.36. The van der Waals surface area contributed by atoms with E-state index in [2.05, 4.69) is 21.0 Å². The molecule has 1 aromatic rings. The van der Waals surface area contributed by atoms with Crippen molar-refractivity contribution >= 4 is 27.5 Å². The number of methoxy groups -OCH3 is 1. The zero-order chi connectivity index (χ0) is 12.6. The van der Waals surface area contributed by atoms with E-state index in [1.807, 2.05) is 24.3 Å². The third-order valence-corrected chi connectivity index (χ3v) is 3.45. The van der Waals surface area contributed by atoms with Crippen molar-refractivity contribution in [2.45, 2.75) is 11.2 Å². The van der Waals surface area contributed by atoms with Crippen LogP contribution < -0.4 is 4.74 Å². The van der Waals surface area contributed by atoms with Gasteiger partial charge < -0.3 is 4.74 Å². The molecular weight excluding hydrogens is 284 g/mol. The van der Waals surface area contributed by atoms with Gasteiger partial charge in [-0.2, -0.15) is 5.10 Å². The van der Waals surface area contributed by atoms with Crippen LogP contribution in [0.4, 0.5) is 0 Å². The summed E-state index contributed by atoms with van der Waals surface area (Å²) in [6, 6.07) is 7.51. The smallest absolute Gasteiger partial charge is 0.265 e. The zero-order valence-corrected chi connectivity index (χ0v) is 11.5. The Hall–Kier alpha value is -1.36. The molecule has 0 N–H and O–H groups in total. The first kappa shape index (κ1) is 12.1. The molecule has 1 amide bonds. The van der Waals surface area contributed by atoms with Gasteiger partial charge in [0, 0.05) is 12.6 Å². The fraction of sp³-hybridized carbons (Fsp3) is 0.333. The molecule has 2 rings (SSSR count). The van der Waals surface area contributed by atoms with Gasteiger partial charge in [0.25, 0.3) is 5.91 Å². The van der Waals surface area contributed by atoms with Crippen molar-refractivity contribution in [3.63, 3.8) is 0 Å². The standard InChI is InChI=1S/C12H13BrN2O2/c1-12(13)10(14-15(2)11(12)16)8-5-4-6-9(7-8)17-3/h4-7H,1-3H3. The van der Waals surface area contributed by atoms with Gasteiger partial charge in [0.2, 0.25) is 0 Å². The predicted molar refractivity (Wildman–Crippen MR) is 69.6 cm³/mol. The highest BCUT2D eigenvalue weighted by atomic mass is 79.9. The van der Waals surface area contributed by atoms with Gasteiger partial charge in [-0.05, 0) is 19.1 Å². The minimum atomic E-state index is -0.770. The Morgan fingerprint density at radius 1 is 1.47 bits per heavy atom. The van der Waals surface area contributed by atoms with Gasteiger partial charge in [-0.25, -0.2) is 5.01 Å². The van der Waals surface area contributed by atoms with E-state index in [4.69, 9.17) is 4.74 Å². The molecule has 1 heterocycles. The van der Waals surface area contributed by atoms with Crippen molar-refractivity contribution in [1.29, 1.82) is 0 Å². The first-order chi connectivity index (χ1) is 7.96. The monoisotopic (exact) mass is 296 g/mol. The minimum absolute atomic E-state index is 0.0738. The Morgan fingerprint density at radius 3 is 2.71 bits per heavy atom.